The highest BCUT2D eigenvalue weighted by Crippen LogP contribution is 2.41. The van der Waals surface area contributed by atoms with Crippen LogP contribution in [0.5, 0.6) is 0 Å². The number of fused-ring (bicyclic) bond motifs is 1. The number of amides is 1. The molecule has 10 heteroatoms. The van der Waals surface area contributed by atoms with Gasteiger partial charge in [0.1, 0.15) is 10.5 Å². The number of nitrogens with one attached hydrogen (secondary N) is 1. The Bertz CT molecular complexity index is 1580. The van der Waals surface area contributed by atoms with Gasteiger partial charge in [-0.15, -0.1) is 0 Å². The van der Waals surface area contributed by atoms with Crippen LogP contribution >= 0.6 is 11.6 Å². The van der Waals surface area contributed by atoms with Crippen molar-refractivity contribution in [2.75, 3.05) is 24.5 Å². The summed E-state index contributed by atoms with van der Waals surface area (Å²) in [5, 5.41) is 9.58. The van der Waals surface area contributed by atoms with Gasteiger partial charge in [-0.2, -0.15) is 0 Å². The van der Waals surface area contributed by atoms with Crippen LogP contribution in [-0.2, 0) is 15.8 Å². The van der Waals surface area contributed by atoms with Crippen LogP contribution in [0.2, 0.25) is 10.1 Å². The molecule has 0 bridgehead atoms. The first kappa shape index (κ1) is 33.1. The Hall–Kier alpha value is -3.24. The summed E-state index contributed by atoms with van der Waals surface area (Å²) in [5.74, 6) is -0.354. The average molecular weight is 649 g/mol. The maximum atomic E-state index is 13.3. The largest absolute Gasteiger partial charge is 0.401 e. The molecule has 8 nitrogen and oxygen atoms in total. The first-order chi connectivity index (χ1) is 21.2. The van der Waals surface area contributed by atoms with Crippen molar-refractivity contribution in [1.29, 1.82) is 0 Å². The number of carbonyl (C=O) groups is 1. The van der Waals surface area contributed by atoms with Crippen LogP contribution in [0.3, 0.4) is 0 Å². The van der Waals surface area contributed by atoms with E-state index in [9.17, 15) is 4.79 Å². The fourth-order valence-electron chi connectivity index (χ4n) is 6.25. The highest BCUT2D eigenvalue weighted by Gasteiger charge is 2.50. The van der Waals surface area contributed by atoms with Crippen molar-refractivity contribution >= 4 is 53.0 Å². The van der Waals surface area contributed by atoms with Crippen molar-refractivity contribution in [1.82, 2.24) is 15.5 Å². The van der Waals surface area contributed by atoms with E-state index in [-0.39, 0.29) is 46.5 Å². The molecule has 5 rings (SSSR count). The van der Waals surface area contributed by atoms with Crippen molar-refractivity contribution in [3.05, 3.63) is 77.1 Å². The van der Waals surface area contributed by atoms with Crippen LogP contribution in [0.25, 0.3) is 11.1 Å². The predicted octanol–water partition coefficient (Wildman–Crippen LogP) is 6.34. The maximum absolute atomic E-state index is 13.3. The highest BCUT2D eigenvalue weighted by atomic mass is 35.5. The molecule has 0 aliphatic carbocycles. The van der Waals surface area contributed by atoms with E-state index in [1.807, 2.05) is 26.0 Å². The van der Waals surface area contributed by atoms with E-state index in [1.54, 1.807) is 0 Å². The summed E-state index contributed by atoms with van der Waals surface area (Å²) < 4.78 is 19.1. The number of hydrogen-bond donors (Lipinski definition) is 1. The summed E-state index contributed by atoms with van der Waals surface area (Å²) in [6.07, 6.45) is -0.0288. The minimum absolute atomic E-state index is 0.0144. The van der Waals surface area contributed by atoms with Crippen molar-refractivity contribution in [3.63, 3.8) is 0 Å². The van der Waals surface area contributed by atoms with Gasteiger partial charge in [-0.05, 0) is 34.7 Å². The summed E-state index contributed by atoms with van der Waals surface area (Å²) in [5.41, 5.74) is 1.97. The number of carbonyl (C=O) groups excluding carboxylic acids is 1. The van der Waals surface area contributed by atoms with E-state index < -0.39 is 8.32 Å². The number of rotatable bonds is 8. The van der Waals surface area contributed by atoms with E-state index in [2.05, 4.69) is 105 Å². The minimum Gasteiger partial charge on any atom is -0.401 e. The SMILES string of the molecule is C[C@@H]1CN(c2c(CO[Si](c3ccccc3)(c3ccccc3)C(C)(C)C)nc3c(C(=O)NCC(C)(C)C)noc3c2Cl)C[C@H](C)O1. The molecule has 2 atom stereocenters. The molecule has 2 aromatic heterocycles. The highest BCUT2D eigenvalue weighted by molar-refractivity contribution is 6.99. The van der Waals surface area contributed by atoms with Crippen LogP contribution in [0, 0.1) is 5.41 Å². The Balaban J connectivity index is 1.66. The monoisotopic (exact) mass is 648 g/mol. The van der Waals surface area contributed by atoms with Gasteiger partial charge in [-0.1, -0.05) is 119 Å². The normalized spacial score (nSPS) is 17.9. The number of benzene rings is 2. The van der Waals surface area contributed by atoms with E-state index in [0.717, 1.165) is 5.69 Å². The van der Waals surface area contributed by atoms with Gasteiger partial charge in [-0.25, -0.2) is 4.98 Å². The maximum Gasteiger partial charge on any atom is 0.275 e. The van der Waals surface area contributed by atoms with Crippen LogP contribution in [0.1, 0.15) is 71.6 Å². The first-order valence-electron chi connectivity index (χ1n) is 15.6. The zero-order valence-corrected chi connectivity index (χ0v) is 29.4. The predicted molar refractivity (Wildman–Crippen MR) is 183 cm³/mol. The van der Waals surface area contributed by atoms with E-state index in [4.69, 9.17) is 30.3 Å². The van der Waals surface area contributed by atoms with Crippen molar-refractivity contribution in [2.24, 2.45) is 5.41 Å². The number of nitrogens with zero attached hydrogens (tertiary/aromatic N) is 3. The zero-order valence-electron chi connectivity index (χ0n) is 27.6. The zero-order chi connectivity index (χ0) is 32.6. The van der Waals surface area contributed by atoms with Crippen LogP contribution in [0.15, 0.2) is 65.2 Å². The second-order valence-electron chi connectivity index (χ2n) is 14.3. The molecule has 2 aromatic carbocycles. The van der Waals surface area contributed by atoms with Crippen molar-refractivity contribution < 1.29 is 18.5 Å². The third-order valence-corrected chi connectivity index (χ3v) is 13.5. The Morgan fingerprint density at radius 3 is 2.04 bits per heavy atom. The molecule has 1 N–H and O–H groups in total. The smallest absolute Gasteiger partial charge is 0.275 e. The molecule has 1 fully saturated rings. The number of pyridine rings is 1. The van der Waals surface area contributed by atoms with E-state index in [0.29, 0.717) is 35.9 Å². The molecule has 45 heavy (non-hydrogen) atoms. The molecule has 3 heterocycles. The van der Waals surface area contributed by atoms with Crippen LogP contribution in [0.4, 0.5) is 5.69 Å². The van der Waals surface area contributed by atoms with Crippen LogP contribution in [-0.4, -0.2) is 56.2 Å². The molecule has 1 saturated heterocycles. The van der Waals surface area contributed by atoms with Gasteiger partial charge in [0.2, 0.25) is 5.58 Å². The van der Waals surface area contributed by atoms with Gasteiger partial charge in [-0.3, -0.25) is 4.79 Å². The summed E-state index contributed by atoms with van der Waals surface area (Å²) in [6, 6.07) is 21.0. The van der Waals surface area contributed by atoms with Gasteiger partial charge in [0.25, 0.3) is 14.2 Å². The molecule has 0 unspecified atom stereocenters. The molecule has 0 saturated carbocycles. The lowest BCUT2D eigenvalue weighted by Gasteiger charge is -2.43. The average Bonchev–Trinajstić information content (AvgIpc) is 3.40. The molecule has 0 spiro atoms. The number of hydrogen-bond acceptors (Lipinski definition) is 7. The lowest BCUT2D eigenvalue weighted by atomic mass is 9.97. The Kier molecular flexibility index (Phi) is 9.47. The number of anilines is 1. The summed E-state index contributed by atoms with van der Waals surface area (Å²) in [4.78, 5) is 20.6. The summed E-state index contributed by atoms with van der Waals surface area (Å²) >= 11 is 7.18. The lowest BCUT2D eigenvalue weighted by molar-refractivity contribution is -0.00532. The molecule has 240 valence electrons. The Morgan fingerprint density at radius 1 is 0.978 bits per heavy atom. The van der Waals surface area contributed by atoms with Gasteiger partial charge in [0.05, 0.1) is 30.2 Å². The van der Waals surface area contributed by atoms with E-state index >= 15 is 0 Å². The topological polar surface area (TPSA) is 89.7 Å². The van der Waals surface area contributed by atoms with Gasteiger partial charge in [0, 0.05) is 19.6 Å². The van der Waals surface area contributed by atoms with Gasteiger partial charge >= 0.3 is 0 Å². The third-order valence-electron chi connectivity index (χ3n) is 8.17. The van der Waals surface area contributed by atoms with Gasteiger partial charge in [0.15, 0.2) is 5.69 Å². The minimum atomic E-state index is -2.91. The third kappa shape index (κ3) is 6.82. The molecule has 1 aliphatic rings. The van der Waals surface area contributed by atoms with Crippen molar-refractivity contribution in [2.45, 2.75) is 79.2 Å². The van der Waals surface area contributed by atoms with E-state index in [1.165, 1.54) is 10.4 Å². The summed E-state index contributed by atoms with van der Waals surface area (Å²) in [7, 11) is -2.91. The lowest BCUT2D eigenvalue weighted by Crippen LogP contribution is -2.66. The number of halogens is 1. The fourth-order valence-corrected chi connectivity index (χ4v) is 11.1. The Labute approximate surface area is 272 Å². The summed E-state index contributed by atoms with van der Waals surface area (Å²) in [6.45, 7) is 18.9. The molecule has 1 amide bonds. The number of morpholine rings is 1. The number of aromatic nitrogens is 2. The molecule has 0 radical (unpaired) electrons. The Morgan fingerprint density at radius 2 is 1.53 bits per heavy atom. The molecular weight excluding hydrogens is 604 g/mol. The fraction of sp³-hybridized carbons (Fsp3) is 0.457. The molecule has 4 aromatic rings. The standard InChI is InChI=1S/C35H45ClN4O4Si/c1-23-19-40(20-24(2)43-23)31-27(38-29-30(39-44-32(29)28(31)36)33(41)37-22-34(3,4)5)21-42-45(35(6,7)8,25-15-11-9-12-16-25)26-17-13-10-14-18-26/h9-18,23-24H,19-22H2,1-8H3,(H,37,41)/t23-,24+. The van der Waals surface area contributed by atoms with Crippen LogP contribution < -0.4 is 20.6 Å². The quantitative estimate of drug-likeness (QED) is 0.223. The second kappa shape index (κ2) is 12.9. The molecular formula is C35H45ClN4O4Si. The van der Waals surface area contributed by atoms with Crippen molar-refractivity contribution in [3.8, 4) is 0 Å². The first-order valence-corrected chi connectivity index (χ1v) is 17.9. The number of ether oxygens (including phenoxy) is 1. The van der Waals surface area contributed by atoms with Gasteiger partial charge < -0.3 is 23.9 Å². The molecule has 1 aliphatic heterocycles. The second-order valence-corrected chi connectivity index (χ2v) is 19.0.